The van der Waals surface area contributed by atoms with Gasteiger partial charge in [-0.05, 0) is 50.5 Å². The molecule has 3 N–H and O–H groups in total. The second-order valence-corrected chi connectivity index (χ2v) is 10.6. The minimum Gasteiger partial charge on any atom is -0.393 e. The van der Waals surface area contributed by atoms with Crippen molar-refractivity contribution in [3.8, 4) is 0 Å². The highest BCUT2D eigenvalue weighted by Crippen LogP contribution is 2.40. The molecule has 0 aromatic rings. The van der Waals surface area contributed by atoms with E-state index >= 15 is 0 Å². The molecule has 3 saturated carbocycles. The number of carbonyl (C=O) groups is 1. The molecule has 4 aliphatic rings. The van der Waals surface area contributed by atoms with Crippen LogP contribution in [0.3, 0.4) is 0 Å². The zero-order chi connectivity index (χ0) is 21.3. The smallest absolute Gasteiger partial charge is 0.230 e. The lowest BCUT2D eigenvalue weighted by Crippen LogP contribution is -2.56. The molecule has 172 valence electrons. The van der Waals surface area contributed by atoms with Gasteiger partial charge in [0.1, 0.15) is 0 Å². The number of hydrogen-bond donors (Lipinski definition) is 3. The van der Waals surface area contributed by atoms with Gasteiger partial charge >= 0.3 is 0 Å². The highest BCUT2D eigenvalue weighted by Gasteiger charge is 2.50. The Bertz CT molecular complexity index is 582. The van der Waals surface area contributed by atoms with Crippen molar-refractivity contribution in [2.75, 3.05) is 26.7 Å². The molecule has 0 radical (unpaired) electrons. The third-order valence-electron chi connectivity index (χ3n) is 8.69. The molecule has 1 heterocycles. The Hall–Kier alpha value is -0.690. The molecular formula is C24H42N2O4. The van der Waals surface area contributed by atoms with E-state index in [2.05, 4.69) is 5.32 Å². The summed E-state index contributed by atoms with van der Waals surface area (Å²) in [6, 6.07) is 0.483. The van der Waals surface area contributed by atoms with Gasteiger partial charge in [0.05, 0.1) is 24.2 Å². The fourth-order valence-corrected chi connectivity index (χ4v) is 6.76. The molecule has 4 rings (SSSR count). The number of aliphatic hydroxyl groups is 2. The van der Waals surface area contributed by atoms with Crippen molar-refractivity contribution in [3.05, 3.63) is 0 Å². The molecule has 0 aromatic carbocycles. The van der Waals surface area contributed by atoms with Gasteiger partial charge in [-0.15, -0.1) is 0 Å². The lowest BCUT2D eigenvalue weighted by molar-refractivity contribution is -0.169. The number of ether oxygens (including phenoxy) is 1. The van der Waals surface area contributed by atoms with E-state index in [1.54, 1.807) is 0 Å². The fourth-order valence-electron chi connectivity index (χ4n) is 6.76. The number of nitrogens with zero attached hydrogens (tertiary/aromatic N) is 1. The highest BCUT2D eigenvalue weighted by atomic mass is 16.5. The maximum absolute atomic E-state index is 13.6. The number of hydrogen-bond acceptors (Lipinski definition) is 5. The van der Waals surface area contributed by atoms with Crippen LogP contribution in [0.1, 0.15) is 64.7 Å². The zero-order valence-electron chi connectivity index (χ0n) is 18.8. The Morgan fingerprint density at radius 2 is 1.80 bits per heavy atom. The molecule has 1 saturated heterocycles. The molecule has 0 spiro atoms. The molecule has 30 heavy (non-hydrogen) atoms. The predicted molar refractivity (Wildman–Crippen MR) is 116 cm³/mol. The summed E-state index contributed by atoms with van der Waals surface area (Å²) in [5.41, 5.74) is 0. The molecule has 1 aliphatic heterocycles. The van der Waals surface area contributed by atoms with Gasteiger partial charge in [0.15, 0.2) is 0 Å². The van der Waals surface area contributed by atoms with E-state index in [-0.39, 0.29) is 18.2 Å². The topological polar surface area (TPSA) is 82.0 Å². The summed E-state index contributed by atoms with van der Waals surface area (Å²) in [5, 5.41) is 24.8. The Labute approximate surface area is 181 Å². The molecular weight excluding hydrogens is 380 g/mol. The molecule has 0 bridgehead atoms. The van der Waals surface area contributed by atoms with Gasteiger partial charge in [-0.1, -0.05) is 32.6 Å². The quantitative estimate of drug-likeness (QED) is 0.633. The lowest BCUT2D eigenvalue weighted by atomic mass is 9.75. The number of amides is 1. The van der Waals surface area contributed by atoms with E-state index in [9.17, 15) is 15.0 Å². The van der Waals surface area contributed by atoms with Crippen molar-refractivity contribution in [2.24, 2.45) is 29.6 Å². The van der Waals surface area contributed by atoms with Crippen LogP contribution in [-0.4, -0.2) is 72.1 Å². The normalized spacial score (nSPS) is 42.9. The minimum atomic E-state index is -0.831. The van der Waals surface area contributed by atoms with E-state index < -0.39 is 24.2 Å². The van der Waals surface area contributed by atoms with Crippen LogP contribution in [0.15, 0.2) is 0 Å². The molecule has 6 nitrogen and oxygen atoms in total. The molecule has 1 amide bonds. The van der Waals surface area contributed by atoms with Crippen LogP contribution < -0.4 is 5.32 Å². The largest absolute Gasteiger partial charge is 0.393 e. The maximum Gasteiger partial charge on any atom is 0.230 e. The summed E-state index contributed by atoms with van der Waals surface area (Å²) in [5.74, 6) is 0.965. The van der Waals surface area contributed by atoms with Crippen molar-refractivity contribution in [2.45, 2.75) is 89.1 Å². The van der Waals surface area contributed by atoms with E-state index in [0.29, 0.717) is 30.4 Å². The summed E-state index contributed by atoms with van der Waals surface area (Å²) in [6.45, 7) is 4.20. The number of nitrogens with one attached hydrogen (secondary N) is 1. The third-order valence-corrected chi connectivity index (χ3v) is 8.69. The van der Waals surface area contributed by atoms with Gasteiger partial charge < -0.3 is 25.2 Å². The standard InChI is InChI=1S/C24H42N2O4/c1-15-20(27)11-21(28)22(23(15)30-14-16-7-4-3-5-8-16)24(29)26-12-17-9-6-10-19(25-2)18(17)13-26/h15-23,25,27-28H,3-14H2,1-2H3. The van der Waals surface area contributed by atoms with Crippen LogP contribution in [0.4, 0.5) is 0 Å². The molecule has 4 fully saturated rings. The van der Waals surface area contributed by atoms with Crippen molar-refractivity contribution in [1.82, 2.24) is 10.2 Å². The summed E-state index contributed by atoms with van der Waals surface area (Å²) >= 11 is 0. The fraction of sp³-hybridized carbons (Fsp3) is 0.958. The van der Waals surface area contributed by atoms with E-state index in [0.717, 1.165) is 13.1 Å². The minimum absolute atomic E-state index is 0.0409. The number of carbonyl (C=O) groups excluding carboxylic acids is 1. The van der Waals surface area contributed by atoms with Gasteiger partial charge in [0.25, 0.3) is 0 Å². The Kier molecular flexibility index (Phi) is 7.38. The van der Waals surface area contributed by atoms with Crippen LogP contribution in [0.25, 0.3) is 0 Å². The molecule has 8 atom stereocenters. The lowest BCUT2D eigenvalue weighted by Gasteiger charge is -2.43. The van der Waals surface area contributed by atoms with Crippen LogP contribution in [0, 0.1) is 29.6 Å². The Balaban J connectivity index is 1.45. The molecule has 3 aliphatic carbocycles. The van der Waals surface area contributed by atoms with Crippen LogP contribution in [0.5, 0.6) is 0 Å². The number of rotatable bonds is 5. The predicted octanol–water partition coefficient (Wildman–Crippen LogP) is 2.18. The number of likely N-dealkylation sites (tertiary alicyclic amines) is 1. The van der Waals surface area contributed by atoms with Crippen LogP contribution in [-0.2, 0) is 9.53 Å². The molecule has 0 aromatic heterocycles. The van der Waals surface area contributed by atoms with Crippen LogP contribution in [0.2, 0.25) is 0 Å². The molecule has 8 unspecified atom stereocenters. The van der Waals surface area contributed by atoms with Crippen molar-refractivity contribution in [1.29, 1.82) is 0 Å². The zero-order valence-corrected chi connectivity index (χ0v) is 18.8. The average Bonchev–Trinajstić information content (AvgIpc) is 3.20. The second-order valence-electron chi connectivity index (χ2n) is 10.6. The first-order valence-corrected chi connectivity index (χ1v) is 12.4. The van der Waals surface area contributed by atoms with Crippen LogP contribution >= 0.6 is 0 Å². The average molecular weight is 423 g/mol. The first-order chi connectivity index (χ1) is 14.5. The molecule has 6 heteroatoms. The van der Waals surface area contributed by atoms with E-state index in [1.807, 2.05) is 18.9 Å². The number of fused-ring (bicyclic) bond motifs is 1. The summed E-state index contributed by atoms with van der Waals surface area (Å²) in [4.78, 5) is 15.6. The third kappa shape index (κ3) is 4.57. The maximum atomic E-state index is 13.6. The van der Waals surface area contributed by atoms with Gasteiger partial charge in [-0.3, -0.25) is 4.79 Å². The summed E-state index contributed by atoms with van der Waals surface area (Å²) in [7, 11) is 2.03. The van der Waals surface area contributed by atoms with Gasteiger partial charge in [0, 0.05) is 38.1 Å². The summed E-state index contributed by atoms with van der Waals surface area (Å²) < 4.78 is 6.35. The van der Waals surface area contributed by atoms with Gasteiger partial charge in [-0.2, -0.15) is 0 Å². The van der Waals surface area contributed by atoms with Crippen molar-refractivity contribution < 1.29 is 19.7 Å². The first kappa shape index (κ1) is 22.5. The van der Waals surface area contributed by atoms with Crippen molar-refractivity contribution in [3.63, 3.8) is 0 Å². The van der Waals surface area contributed by atoms with E-state index in [1.165, 1.54) is 51.4 Å². The van der Waals surface area contributed by atoms with Crippen molar-refractivity contribution >= 4 is 5.91 Å². The monoisotopic (exact) mass is 422 g/mol. The number of aliphatic hydroxyl groups excluding tert-OH is 2. The van der Waals surface area contributed by atoms with E-state index in [4.69, 9.17) is 4.74 Å². The van der Waals surface area contributed by atoms with Gasteiger partial charge in [0.2, 0.25) is 5.91 Å². The SMILES string of the molecule is CNC1CCCC2CN(C(=O)C3C(O)CC(O)C(C)C3OCC3CCCCC3)CC21. The second kappa shape index (κ2) is 9.85. The van der Waals surface area contributed by atoms with Gasteiger partial charge in [-0.25, -0.2) is 0 Å². The first-order valence-electron chi connectivity index (χ1n) is 12.4. The Morgan fingerprint density at radius 1 is 1.03 bits per heavy atom. The highest BCUT2D eigenvalue weighted by molar-refractivity contribution is 5.80. The Morgan fingerprint density at radius 3 is 2.53 bits per heavy atom. The summed E-state index contributed by atoms with van der Waals surface area (Å²) in [6.07, 6.45) is 8.20.